The van der Waals surface area contributed by atoms with Gasteiger partial charge in [0.2, 0.25) is 0 Å². The smallest absolute Gasteiger partial charge is 0.329 e. The van der Waals surface area contributed by atoms with E-state index in [1.165, 1.54) is 12.3 Å². The number of amides is 3. The zero-order valence-corrected chi connectivity index (χ0v) is 20.5. The highest BCUT2D eigenvalue weighted by atomic mass is 35.5. The van der Waals surface area contributed by atoms with Crippen molar-refractivity contribution in [2.75, 3.05) is 18.5 Å². The van der Waals surface area contributed by atoms with Crippen molar-refractivity contribution in [3.8, 4) is 11.5 Å². The molecule has 0 radical (unpaired) electrons. The first kappa shape index (κ1) is 26.9. The summed E-state index contributed by atoms with van der Waals surface area (Å²) in [6.07, 6.45) is 2.06. The number of hydrogen-bond donors (Lipinski definition) is 3. The second-order valence-corrected chi connectivity index (χ2v) is 7.90. The molecule has 0 aromatic heterocycles. The maximum atomic E-state index is 12.2. The van der Waals surface area contributed by atoms with Gasteiger partial charge in [-0.25, -0.2) is 5.43 Å². The van der Waals surface area contributed by atoms with Crippen molar-refractivity contribution in [2.45, 2.75) is 33.2 Å². The quantitative estimate of drug-likeness (QED) is 0.256. The van der Waals surface area contributed by atoms with Gasteiger partial charge in [-0.05, 0) is 62.2 Å². The number of hydrogen-bond acceptors (Lipinski definition) is 6. The van der Waals surface area contributed by atoms with Gasteiger partial charge in [-0.2, -0.15) is 5.10 Å². The van der Waals surface area contributed by atoms with E-state index in [1.807, 2.05) is 6.92 Å². The van der Waals surface area contributed by atoms with Crippen molar-refractivity contribution in [2.24, 2.45) is 5.10 Å². The Kier molecular flexibility index (Phi) is 10.6. The maximum Gasteiger partial charge on any atom is 0.329 e. The van der Waals surface area contributed by atoms with Gasteiger partial charge in [-0.15, -0.1) is 0 Å². The summed E-state index contributed by atoms with van der Waals surface area (Å²) in [6.45, 7) is 5.59. The van der Waals surface area contributed by atoms with E-state index in [0.717, 1.165) is 0 Å². The Morgan fingerprint density at radius 2 is 1.76 bits per heavy atom. The van der Waals surface area contributed by atoms with Crippen molar-refractivity contribution in [1.29, 1.82) is 0 Å². The molecule has 0 aliphatic rings. The molecule has 0 spiro atoms. The Labute approximate surface area is 207 Å². The van der Waals surface area contributed by atoms with Gasteiger partial charge < -0.3 is 20.1 Å². The summed E-state index contributed by atoms with van der Waals surface area (Å²) < 4.78 is 11.2. The third kappa shape index (κ3) is 8.57. The summed E-state index contributed by atoms with van der Waals surface area (Å²) in [4.78, 5) is 35.7. The van der Waals surface area contributed by atoms with E-state index < -0.39 is 17.7 Å². The second kappa shape index (κ2) is 13.4. The largest absolute Gasteiger partial charge is 0.490 e. The van der Waals surface area contributed by atoms with Crippen LogP contribution in [0.25, 0.3) is 0 Å². The molecule has 182 valence electrons. The topological polar surface area (TPSA) is 118 Å². The van der Waals surface area contributed by atoms with Gasteiger partial charge in [0.1, 0.15) is 0 Å². The molecule has 0 fully saturated rings. The minimum Gasteiger partial charge on any atom is -0.490 e. The average molecular weight is 509 g/mol. The molecule has 2 rings (SSSR count). The van der Waals surface area contributed by atoms with Crippen LogP contribution in [-0.4, -0.2) is 43.2 Å². The second-order valence-electron chi connectivity index (χ2n) is 7.09. The molecule has 2 aromatic rings. The zero-order chi connectivity index (χ0) is 25.1. The fourth-order valence-electron chi connectivity index (χ4n) is 2.51. The molecule has 11 heteroatoms. The molecule has 1 atom stereocenters. The minimum absolute atomic E-state index is 0.116. The van der Waals surface area contributed by atoms with Crippen LogP contribution in [0.3, 0.4) is 0 Å². The van der Waals surface area contributed by atoms with Gasteiger partial charge in [-0.3, -0.25) is 14.4 Å². The van der Waals surface area contributed by atoms with Crippen LogP contribution in [0.1, 0.15) is 32.8 Å². The summed E-state index contributed by atoms with van der Waals surface area (Å²) in [5, 5.41) is 9.71. The van der Waals surface area contributed by atoms with Gasteiger partial charge in [0, 0.05) is 11.7 Å². The normalized spacial score (nSPS) is 11.6. The van der Waals surface area contributed by atoms with E-state index in [0.29, 0.717) is 45.8 Å². The standard InChI is InChI=1S/C23H26Cl2N4O5/c1-4-14(3)27-22(31)23(32)29-26-12-15-6-9-19(20(10-15)33-5-2)34-13-21(30)28-16-7-8-17(24)18(25)11-16/h6-12,14H,4-5,13H2,1-3H3,(H,27,31)(H,28,30)(H,29,32)/b26-12-/t14-/m1/s1. The average Bonchev–Trinajstić information content (AvgIpc) is 2.80. The number of nitrogens with one attached hydrogen (secondary N) is 3. The Morgan fingerprint density at radius 3 is 2.44 bits per heavy atom. The van der Waals surface area contributed by atoms with E-state index in [9.17, 15) is 14.4 Å². The first-order valence-corrected chi connectivity index (χ1v) is 11.3. The SMILES string of the molecule is CCOc1cc(/C=N\NC(=O)C(=O)N[C@H](C)CC)ccc1OCC(=O)Nc1ccc(Cl)c(Cl)c1. The van der Waals surface area contributed by atoms with Crippen molar-refractivity contribution in [1.82, 2.24) is 10.7 Å². The van der Waals surface area contributed by atoms with E-state index in [-0.39, 0.29) is 12.6 Å². The van der Waals surface area contributed by atoms with Crippen molar-refractivity contribution in [3.05, 3.63) is 52.0 Å². The predicted molar refractivity (Wildman–Crippen MR) is 132 cm³/mol. The highest BCUT2D eigenvalue weighted by molar-refractivity contribution is 6.42. The molecular formula is C23H26Cl2N4O5. The molecule has 3 amide bonds. The lowest BCUT2D eigenvalue weighted by atomic mass is 10.2. The number of anilines is 1. The van der Waals surface area contributed by atoms with Crippen LogP contribution in [-0.2, 0) is 14.4 Å². The van der Waals surface area contributed by atoms with E-state index >= 15 is 0 Å². The van der Waals surface area contributed by atoms with Crippen LogP contribution in [0.4, 0.5) is 5.69 Å². The molecule has 0 heterocycles. The minimum atomic E-state index is -0.866. The Hall–Kier alpha value is -3.30. The molecule has 3 N–H and O–H groups in total. The number of carbonyl (C=O) groups is 3. The fraction of sp³-hybridized carbons (Fsp3) is 0.304. The Morgan fingerprint density at radius 1 is 1.00 bits per heavy atom. The van der Waals surface area contributed by atoms with Gasteiger partial charge in [0.15, 0.2) is 18.1 Å². The third-order valence-corrected chi connectivity index (χ3v) is 5.14. The summed E-state index contributed by atoms with van der Waals surface area (Å²) in [7, 11) is 0. The fourth-order valence-corrected chi connectivity index (χ4v) is 2.81. The monoisotopic (exact) mass is 508 g/mol. The van der Waals surface area contributed by atoms with Crippen LogP contribution >= 0.6 is 23.2 Å². The van der Waals surface area contributed by atoms with Crippen LogP contribution in [0, 0.1) is 0 Å². The molecule has 9 nitrogen and oxygen atoms in total. The summed E-state index contributed by atoms with van der Waals surface area (Å²) in [5.41, 5.74) is 3.24. The number of nitrogens with zero attached hydrogens (tertiary/aromatic N) is 1. The molecule has 34 heavy (non-hydrogen) atoms. The number of benzene rings is 2. The summed E-state index contributed by atoms with van der Waals surface area (Å²) >= 11 is 11.8. The Balaban J connectivity index is 1.96. The highest BCUT2D eigenvalue weighted by Crippen LogP contribution is 2.28. The molecule has 0 aliphatic carbocycles. The molecule has 0 aliphatic heterocycles. The predicted octanol–water partition coefficient (Wildman–Crippen LogP) is 3.77. The summed E-state index contributed by atoms with van der Waals surface area (Å²) in [6, 6.07) is 9.51. The van der Waals surface area contributed by atoms with Gasteiger partial charge >= 0.3 is 11.8 Å². The van der Waals surface area contributed by atoms with Crippen LogP contribution in [0.5, 0.6) is 11.5 Å². The molecular weight excluding hydrogens is 483 g/mol. The lowest BCUT2D eigenvalue weighted by Gasteiger charge is -2.13. The first-order chi connectivity index (χ1) is 16.2. The van der Waals surface area contributed by atoms with Gasteiger partial charge in [0.25, 0.3) is 5.91 Å². The molecule has 0 saturated carbocycles. The van der Waals surface area contributed by atoms with Crippen molar-refractivity contribution < 1.29 is 23.9 Å². The molecule has 0 saturated heterocycles. The number of carbonyl (C=O) groups excluding carboxylic acids is 3. The lowest BCUT2D eigenvalue weighted by molar-refractivity contribution is -0.139. The maximum absolute atomic E-state index is 12.2. The van der Waals surface area contributed by atoms with Crippen LogP contribution in [0.2, 0.25) is 10.0 Å². The lowest BCUT2D eigenvalue weighted by Crippen LogP contribution is -2.41. The number of halogens is 2. The molecule has 2 aromatic carbocycles. The number of rotatable bonds is 10. The van der Waals surface area contributed by atoms with Gasteiger partial charge in [0.05, 0.1) is 22.9 Å². The van der Waals surface area contributed by atoms with Gasteiger partial charge in [-0.1, -0.05) is 30.1 Å². The van der Waals surface area contributed by atoms with E-state index in [2.05, 4.69) is 21.2 Å². The Bertz CT molecular complexity index is 1060. The van der Waals surface area contributed by atoms with Crippen molar-refractivity contribution >= 4 is 52.8 Å². The highest BCUT2D eigenvalue weighted by Gasteiger charge is 2.14. The van der Waals surface area contributed by atoms with Crippen LogP contribution < -0.4 is 25.5 Å². The number of hydrazone groups is 1. The molecule has 0 unspecified atom stereocenters. The van der Waals surface area contributed by atoms with E-state index in [1.54, 1.807) is 44.2 Å². The molecule has 0 bridgehead atoms. The van der Waals surface area contributed by atoms with Crippen LogP contribution in [0.15, 0.2) is 41.5 Å². The van der Waals surface area contributed by atoms with Crippen molar-refractivity contribution in [3.63, 3.8) is 0 Å². The van der Waals surface area contributed by atoms with E-state index in [4.69, 9.17) is 32.7 Å². The third-order valence-electron chi connectivity index (χ3n) is 4.41. The zero-order valence-electron chi connectivity index (χ0n) is 19.0. The number of ether oxygens (including phenoxy) is 2. The summed E-state index contributed by atoms with van der Waals surface area (Å²) in [5.74, 6) is -1.29. The first-order valence-electron chi connectivity index (χ1n) is 10.5.